The van der Waals surface area contributed by atoms with Crippen molar-refractivity contribution in [2.45, 2.75) is 39.8 Å². The molecule has 1 aromatic heterocycles. The van der Waals surface area contributed by atoms with Crippen LogP contribution in [0.25, 0.3) is 10.9 Å². The molecule has 32 heavy (non-hydrogen) atoms. The van der Waals surface area contributed by atoms with Crippen LogP contribution in [0.15, 0.2) is 72.8 Å². The Kier molecular flexibility index (Phi) is 6.42. The lowest BCUT2D eigenvalue weighted by Crippen LogP contribution is -2.21. The van der Waals surface area contributed by atoms with Crippen molar-refractivity contribution in [3.05, 3.63) is 106 Å². The fourth-order valence-electron chi connectivity index (χ4n) is 4.42. The summed E-state index contributed by atoms with van der Waals surface area (Å²) in [5.41, 5.74) is 6.93. The minimum atomic E-state index is -0.889. The van der Waals surface area contributed by atoms with Gasteiger partial charge in [0.2, 0.25) is 0 Å². The molecule has 0 aliphatic carbocycles. The number of aryl methyl sites for hydroxylation is 2. The second-order valence-electron chi connectivity index (χ2n) is 8.61. The van der Waals surface area contributed by atoms with Crippen LogP contribution in [0, 0.1) is 13.8 Å². The largest absolute Gasteiger partial charge is 0.477 e. The molecule has 0 bridgehead atoms. The first kappa shape index (κ1) is 21.8. The highest BCUT2D eigenvalue weighted by molar-refractivity contribution is 5.98. The fraction of sp³-hybridized carbons (Fsp3) is 0.250. The first-order chi connectivity index (χ1) is 15.5. The number of carboxylic acid groups (broad SMARTS) is 1. The lowest BCUT2D eigenvalue weighted by Gasteiger charge is -2.14. The van der Waals surface area contributed by atoms with E-state index >= 15 is 0 Å². The van der Waals surface area contributed by atoms with E-state index in [0.717, 1.165) is 28.6 Å². The lowest BCUT2D eigenvalue weighted by molar-refractivity contribution is 0.0684. The number of hydrogen-bond donors (Lipinski definition) is 2. The molecule has 164 valence electrons. The molecule has 0 aliphatic heterocycles. The molecule has 0 radical (unpaired) electrons. The van der Waals surface area contributed by atoms with Gasteiger partial charge in [-0.05, 0) is 42.5 Å². The van der Waals surface area contributed by atoms with Crippen LogP contribution in [0.3, 0.4) is 0 Å². The van der Waals surface area contributed by atoms with Crippen LogP contribution in [0.1, 0.15) is 51.1 Å². The number of hydrogen-bond acceptors (Lipinski definition) is 2. The number of nitrogens with one attached hydrogen (secondary N) is 1. The average molecular weight is 427 g/mol. The summed E-state index contributed by atoms with van der Waals surface area (Å²) in [6.07, 6.45) is 0. The molecule has 0 spiro atoms. The van der Waals surface area contributed by atoms with Crippen LogP contribution >= 0.6 is 0 Å². The second-order valence-corrected chi connectivity index (χ2v) is 8.61. The lowest BCUT2D eigenvalue weighted by atomic mass is 10.0. The summed E-state index contributed by atoms with van der Waals surface area (Å²) < 4.78 is 1.96. The van der Waals surface area contributed by atoms with E-state index in [1.165, 1.54) is 16.7 Å². The van der Waals surface area contributed by atoms with Gasteiger partial charge in [0.25, 0.3) is 0 Å². The van der Waals surface area contributed by atoms with Crippen LogP contribution in [-0.2, 0) is 13.1 Å². The number of carbonyl (C=O) groups is 1. The van der Waals surface area contributed by atoms with Crippen LogP contribution in [0.5, 0.6) is 0 Å². The zero-order valence-corrected chi connectivity index (χ0v) is 18.9. The summed E-state index contributed by atoms with van der Waals surface area (Å²) in [6.45, 7) is 8.16. The molecule has 0 fully saturated rings. The van der Waals surface area contributed by atoms with Gasteiger partial charge >= 0.3 is 5.97 Å². The summed E-state index contributed by atoms with van der Waals surface area (Å²) >= 11 is 0. The Balaban J connectivity index is 1.67. The Morgan fingerprint density at radius 1 is 1.00 bits per heavy atom. The smallest absolute Gasteiger partial charge is 0.352 e. The molecule has 2 N–H and O–H groups in total. The van der Waals surface area contributed by atoms with Crippen molar-refractivity contribution in [1.29, 1.82) is 0 Å². The number of fused-ring (bicyclic) bond motifs is 1. The predicted molar refractivity (Wildman–Crippen MR) is 130 cm³/mol. The van der Waals surface area contributed by atoms with Crippen molar-refractivity contribution < 1.29 is 9.90 Å². The van der Waals surface area contributed by atoms with Gasteiger partial charge in [-0.15, -0.1) is 0 Å². The summed E-state index contributed by atoms with van der Waals surface area (Å²) in [6, 6.07) is 24.7. The third-order valence-electron chi connectivity index (χ3n) is 6.23. The van der Waals surface area contributed by atoms with E-state index in [4.69, 9.17) is 0 Å². The molecule has 0 amide bonds. The number of rotatable bonds is 8. The van der Waals surface area contributed by atoms with E-state index in [1.807, 2.05) is 34.9 Å². The molecule has 1 heterocycles. The molecular formula is C28H30N2O2. The van der Waals surface area contributed by atoms with Crippen molar-refractivity contribution >= 4 is 16.9 Å². The van der Waals surface area contributed by atoms with Crippen molar-refractivity contribution in [3.8, 4) is 0 Å². The Labute approximate surface area is 189 Å². The maximum Gasteiger partial charge on any atom is 0.352 e. The van der Waals surface area contributed by atoms with E-state index in [1.54, 1.807) is 0 Å². The molecule has 0 saturated heterocycles. The average Bonchev–Trinajstić information content (AvgIpc) is 3.10. The van der Waals surface area contributed by atoms with Gasteiger partial charge in [0.1, 0.15) is 5.69 Å². The number of aromatic carboxylic acids is 1. The van der Waals surface area contributed by atoms with Crippen molar-refractivity contribution in [3.63, 3.8) is 0 Å². The van der Waals surface area contributed by atoms with Crippen LogP contribution in [-0.4, -0.2) is 22.2 Å². The Bertz CT molecular complexity index is 1240. The van der Waals surface area contributed by atoms with Crippen LogP contribution in [0.4, 0.5) is 0 Å². The molecule has 4 nitrogen and oxygen atoms in total. The molecule has 1 unspecified atom stereocenters. The van der Waals surface area contributed by atoms with E-state index in [-0.39, 0.29) is 0 Å². The highest BCUT2D eigenvalue weighted by Crippen LogP contribution is 2.28. The van der Waals surface area contributed by atoms with Gasteiger partial charge in [-0.3, -0.25) is 0 Å². The van der Waals surface area contributed by atoms with E-state index in [9.17, 15) is 9.90 Å². The number of carboxylic acids is 1. The SMILES string of the molecule is Cc1ccc(C)c(Cn2c(C(=O)O)c(CNCC(C)c3ccccc3)c3ccccc32)c1. The topological polar surface area (TPSA) is 54.3 Å². The number of aromatic nitrogens is 1. The van der Waals surface area contributed by atoms with Gasteiger partial charge in [-0.1, -0.05) is 79.2 Å². The minimum absolute atomic E-state index is 0.341. The Morgan fingerprint density at radius 3 is 2.47 bits per heavy atom. The fourth-order valence-corrected chi connectivity index (χ4v) is 4.42. The van der Waals surface area contributed by atoms with Crippen molar-refractivity contribution in [1.82, 2.24) is 9.88 Å². The van der Waals surface area contributed by atoms with Gasteiger partial charge in [-0.2, -0.15) is 0 Å². The second kappa shape index (κ2) is 9.41. The number of para-hydroxylation sites is 1. The van der Waals surface area contributed by atoms with Crippen molar-refractivity contribution in [2.24, 2.45) is 0 Å². The Morgan fingerprint density at radius 2 is 1.72 bits per heavy atom. The normalized spacial score (nSPS) is 12.2. The summed E-state index contributed by atoms with van der Waals surface area (Å²) in [5.74, 6) is -0.549. The molecule has 4 heteroatoms. The first-order valence-corrected chi connectivity index (χ1v) is 11.1. The van der Waals surface area contributed by atoms with Gasteiger partial charge < -0.3 is 15.0 Å². The summed E-state index contributed by atoms with van der Waals surface area (Å²) in [5, 5.41) is 14.7. The molecule has 4 aromatic rings. The summed E-state index contributed by atoms with van der Waals surface area (Å²) in [7, 11) is 0. The van der Waals surface area contributed by atoms with Gasteiger partial charge in [-0.25, -0.2) is 4.79 Å². The standard InChI is InChI=1S/C28H30N2O2/c1-19-13-14-20(2)23(15-19)18-30-26-12-8-7-11-24(26)25(27(30)28(31)32)17-29-16-21(3)22-9-5-4-6-10-22/h4-15,21,29H,16-18H2,1-3H3,(H,31,32). The third kappa shape index (κ3) is 4.46. The van der Waals surface area contributed by atoms with Gasteiger partial charge in [0.05, 0.1) is 0 Å². The quantitative estimate of drug-likeness (QED) is 0.369. The first-order valence-electron chi connectivity index (χ1n) is 11.1. The molecule has 1 atom stereocenters. The monoisotopic (exact) mass is 426 g/mol. The van der Waals surface area contributed by atoms with E-state index in [2.05, 4.69) is 68.6 Å². The third-order valence-corrected chi connectivity index (χ3v) is 6.23. The number of nitrogens with zero attached hydrogens (tertiary/aromatic N) is 1. The van der Waals surface area contributed by atoms with Gasteiger partial charge in [0.15, 0.2) is 0 Å². The van der Waals surface area contributed by atoms with E-state index < -0.39 is 5.97 Å². The Hall–Kier alpha value is -3.37. The highest BCUT2D eigenvalue weighted by atomic mass is 16.4. The molecular weight excluding hydrogens is 396 g/mol. The molecule has 4 rings (SSSR count). The van der Waals surface area contributed by atoms with E-state index in [0.29, 0.717) is 24.7 Å². The van der Waals surface area contributed by atoms with Gasteiger partial charge in [0, 0.05) is 36.1 Å². The maximum absolute atomic E-state index is 12.4. The zero-order chi connectivity index (χ0) is 22.7. The maximum atomic E-state index is 12.4. The van der Waals surface area contributed by atoms with Crippen molar-refractivity contribution in [2.75, 3.05) is 6.54 Å². The highest BCUT2D eigenvalue weighted by Gasteiger charge is 2.22. The molecule has 0 aliphatic rings. The zero-order valence-electron chi connectivity index (χ0n) is 18.9. The summed E-state index contributed by atoms with van der Waals surface area (Å²) in [4.78, 5) is 12.4. The molecule has 0 saturated carbocycles. The minimum Gasteiger partial charge on any atom is -0.477 e. The predicted octanol–water partition coefficient (Wildman–Crippen LogP) is 5.90. The number of benzene rings is 3. The van der Waals surface area contributed by atoms with Crippen LogP contribution < -0.4 is 5.32 Å². The van der Waals surface area contributed by atoms with Crippen LogP contribution in [0.2, 0.25) is 0 Å². The molecule has 3 aromatic carbocycles.